The van der Waals surface area contributed by atoms with Gasteiger partial charge in [-0.25, -0.2) is 0 Å². The van der Waals surface area contributed by atoms with Crippen molar-refractivity contribution >= 4 is 5.91 Å². The normalized spacial score (nSPS) is 13.0. The minimum absolute atomic E-state index is 0.0557. The summed E-state index contributed by atoms with van der Waals surface area (Å²) >= 11 is 0. The van der Waals surface area contributed by atoms with Gasteiger partial charge in [-0.1, -0.05) is 18.2 Å². The molecule has 1 unspecified atom stereocenters. The van der Waals surface area contributed by atoms with Crippen LogP contribution in [-0.2, 0) is 11.3 Å². The van der Waals surface area contributed by atoms with E-state index >= 15 is 0 Å². The van der Waals surface area contributed by atoms with E-state index in [9.17, 15) is 9.90 Å². The van der Waals surface area contributed by atoms with E-state index in [4.69, 9.17) is 14.2 Å². The van der Waals surface area contributed by atoms with E-state index in [-0.39, 0.29) is 30.8 Å². The van der Waals surface area contributed by atoms with Crippen LogP contribution >= 0.6 is 0 Å². The van der Waals surface area contributed by atoms with Gasteiger partial charge < -0.3 is 24.6 Å². The molecule has 1 aromatic heterocycles. The Morgan fingerprint density at radius 3 is 2.67 bits per heavy atom. The number of hydrogen-bond donors (Lipinski definition) is 2. The summed E-state index contributed by atoms with van der Waals surface area (Å²) in [5, 5.41) is 13.5. The number of nitrogens with one attached hydrogen (secondary N) is 1. The zero-order valence-corrected chi connectivity index (χ0v) is 16.5. The van der Waals surface area contributed by atoms with Crippen molar-refractivity contribution in [1.82, 2.24) is 10.3 Å². The number of benzene rings is 2. The Bertz CT molecular complexity index is 1020. The quantitative estimate of drug-likeness (QED) is 0.625. The Balaban J connectivity index is 1.59. The maximum Gasteiger partial charge on any atom is 0.231 e. The molecule has 1 amide bonds. The second-order valence-electron chi connectivity index (χ2n) is 6.93. The molecule has 0 aliphatic carbocycles. The Morgan fingerprint density at radius 2 is 1.97 bits per heavy atom. The van der Waals surface area contributed by atoms with Crippen molar-refractivity contribution in [3.05, 3.63) is 77.6 Å². The average Bonchev–Trinajstić information content (AvgIpc) is 3.23. The summed E-state index contributed by atoms with van der Waals surface area (Å²) in [5.74, 6) is 1.30. The van der Waals surface area contributed by atoms with Crippen molar-refractivity contribution in [3.63, 3.8) is 0 Å². The van der Waals surface area contributed by atoms with Crippen molar-refractivity contribution < 1.29 is 24.1 Å². The number of amides is 1. The van der Waals surface area contributed by atoms with E-state index in [1.54, 1.807) is 25.6 Å². The van der Waals surface area contributed by atoms with Crippen LogP contribution in [0.15, 0.2) is 60.9 Å². The number of phenolic OH excluding ortho intramolecular Hbond substituents is 1. The molecule has 30 heavy (non-hydrogen) atoms. The predicted molar refractivity (Wildman–Crippen MR) is 110 cm³/mol. The molecule has 2 heterocycles. The fraction of sp³-hybridized carbons (Fsp3) is 0.217. The van der Waals surface area contributed by atoms with E-state index in [1.807, 2.05) is 36.4 Å². The highest BCUT2D eigenvalue weighted by molar-refractivity contribution is 5.78. The minimum atomic E-state index is -0.376. The summed E-state index contributed by atoms with van der Waals surface area (Å²) in [6.45, 7) is 0.492. The molecule has 0 fully saturated rings. The summed E-state index contributed by atoms with van der Waals surface area (Å²) in [6, 6.07) is 14.4. The molecule has 7 nitrogen and oxygen atoms in total. The molecule has 0 bridgehead atoms. The Labute approximate surface area is 174 Å². The van der Waals surface area contributed by atoms with Gasteiger partial charge in [0, 0.05) is 42.9 Å². The maximum absolute atomic E-state index is 12.7. The lowest BCUT2D eigenvalue weighted by Crippen LogP contribution is -2.25. The number of fused-ring (bicyclic) bond motifs is 1. The van der Waals surface area contributed by atoms with E-state index in [1.165, 1.54) is 6.07 Å². The maximum atomic E-state index is 12.7. The number of aromatic hydroxyl groups is 1. The molecule has 154 valence electrons. The van der Waals surface area contributed by atoms with Gasteiger partial charge in [0.05, 0.1) is 7.11 Å². The number of aromatic nitrogens is 1. The molecule has 1 aliphatic rings. The van der Waals surface area contributed by atoms with Crippen molar-refractivity contribution in [1.29, 1.82) is 0 Å². The summed E-state index contributed by atoms with van der Waals surface area (Å²) < 4.78 is 16.0. The molecule has 0 radical (unpaired) electrons. The largest absolute Gasteiger partial charge is 0.508 e. The van der Waals surface area contributed by atoms with Crippen LogP contribution in [0.25, 0.3) is 0 Å². The van der Waals surface area contributed by atoms with Crippen LogP contribution in [0.1, 0.15) is 29.0 Å². The van der Waals surface area contributed by atoms with E-state index in [0.29, 0.717) is 29.4 Å². The highest BCUT2D eigenvalue weighted by Gasteiger charge is 2.25. The summed E-state index contributed by atoms with van der Waals surface area (Å²) in [7, 11) is 1.60. The lowest BCUT2D eigenvalue weighted by Gasteiger charge is -2.20. The van der Waals surface area contributed by atoms with Crippen LogP contribution in [0, 0.1) is 0 Å². The van der Waals surface area contributed by atoms with Gasteiger partial charge in [0.1, 0.15) is 11.5 Å². The molecule has 0 saturated heterocycles. The number of ether oxygens (including phenoxy) is 3. The number of pyridine rings is 1. The van der Waals surface area contributed by atoms with Crippen LogP contribution < -0.4 is 19.5 Å². The van der Waals surface area contributed by atoms with Gasteiger partial charge in [-0.2, -0.15) is 0 Å². The second-order valence-corrected chi connectivity index (χ2v) is 6.93. The number of carbonyl (C=O) groups is 1. The molecular formula is C23H22N2O5. The van der Waals surface area contributed by atoms with Crippen molar-refractivity contribution in [2.45, 2.75) is 18.9 Å². The van der Waals surface area contributed by atoms with Crippen molar-refractivity contribution in [2.24, 2.45) is 0 Å². The summed E-state index contributed by atoms with van der Waals surface area (Å²) in [5.41, 5.74) is 2.39. The highest BCUT2D eigenvalue weighted by Crippen LogP contribution is 2.43. The van der Waals surface area contributed by atoms with Gasteiger partial charge in [0.25, 0.3) is 0 Å². The lowest BCUT2D eigenvalue weighted by molar-refractivity contribution is -0.121. The van der Waals surface area contributed by atoms with Crippen LogP contribution in [0.3, 0.4) is 0 Å². The number of nitrogens with zero attached hydrogens (tertiary/aromatic N) is 1. The third-order valence-corrected chi connectivity index (χ3v) is 5.02. The first-order valence-corrected chi connectivity index (χ1v) is 9.56. The fourth-order valence-corrected chi connectivity index (χ4v) is 3.43. The summed E-state index contributed by atoms with van der Waals surface area (Å²) in [6.07, 6.45) is 3.55. The molecular weight excluding hydrogens is 384 g/mol. The third-order valence-electron chi connectivity index (χ3n) is 5.02. The van der Waals surface area contributed by atoms with Gasteiger partial charge in [-0.05, 0) is 35.4 Å². The number of carbonyl (C=O) groups excluding carboxylic acids is 1. The second kappa shape index (κ2) is 8.73. The SMILES string of the molecule is COc1ccc(C(CC(=O)NCc2cccnc2)c2cc3c(cc2O)OCO3)cc1. The van der Waals surface area contributed by atoms with Gasteiger partial charge in [0.2, 0.25) is 12.7 Å². The Hall–Kier alpha value is -3.74. The van der Waals surface area contributed by atoms with Crippen LogP contribution in [0.2, 0.25) is 0 Å². The van der Waals surface area contributed by atoms with Crippen LogP contribution in [0.4, 0.5) is 0 Å². The Morgan fingerprint density at radius 1 is 1.20 bits per heavy atom. The van der Waals surface area contributed by atoms with E-state index in [2.05, 4.69) is 10.3 Å². The number of hydrogen-bond acceptors (Lipinski definition) is 6. The van der Waals surface area contributed by atoms with E-state index in [0.717, 1.165) is 11.1 Å². The predicted octanol–water partition coefficient (Wildman–Crippen LogP) is 3.36. The number of phenols is 1. The molecule has 3 aromatic rings. The van der Waals surface area contributed by atoms with Crippen molar-refractivity contribution in [2.75, 3.05) is 13.9 Å². The van der Waals surface area contributed by atoms with Gasteiger partial charge in [0.15, 0.2) is 11.5 Å². The van der Waals surface area contributed by atoms with Gasteiger partial charge >= 0.3 is 0 Å². The standard InChI is InChI=1S/C23H22N2O5/c1-28-17-6-4-16(5-7-17)18(10-23(27)25-13-15-3-2-8-24-12-15)19-9-21-22(11-20(19)26)30-14-29-21/h2-9,11-12,18,26H,10,13-14H2,1H3,(H,25,27). The zero-order chi connectivity index (χ0) is 20.9. The minimum Gasteiger partial charge on any atom is -0.508 e. The smallest absolute Gasteiger partial charge is 0.231 e. The molecule has 1 aliphatic heterocycles. The zero-order valence-electron chi connectivity index (χ0n) is 16.5. The Kier molecular flexibility index (Phi) is 5.70. The molecule has 7 heteroatoms. The number of methoxy groups -OCH3 is 1. The van der Waals surface area contributed by atoms with Gasteiger partial charge in [-0.3, -0.25) is 9.78 Å². The third kappa shape index (κ3) is 4.30. The first kappa shape index (κ1) is 19.6. The molecule has 1 atom stereocenters. The number of rotatable bonds is 7. The molecule has 0 saturated carbocycles. The van der Waals surface area contributed by atoms with Crippen molar-refractivity contribution in [3.8, 4) is 23.0 Å². The topological polar surface area (TPSA) is 89.9 Å². The highest BCUT2D eigenvalue weighted by atomic mass is 16.7. The lowest BCUT2D eigenvalue weighted by atomic mass is 9.87. The fourth-order valence-electron chi connectivity index (χ4n) is 3.43. The first-order chi connectivity index (χ1) is 14.6. The van der Waals surface area contributed by atoms with Gasteiger partial charge in [-0.15, -0.1) is 0 Å². The molecule has 2 N–H and O–H groups in total. The van der Waals surface area contributed by atoms with Crippen LogP contribution in [0.5, 0.6) is 23.0 Å². The monoisotopic (exact) mass is 406 g/mol. The molecule has 2 aromatic carbocycles. The van der Waals surface area contributed by atoms with E-state index < -0.39 is 0 Å². The summed E-state index contributed by atoms with van der Waals surface area (Å²) in [4.78, 5) is 16.8. The first-order valence-electron chi connectivity index (χ1n) is 9.56. The van der Waals surface area contributed by atoms with Crippen LogP contribution in [-0.4, -0.2) is 29.9 Å². The average molecular weight is 406 g/mol. The molecule has 4 rings (SSSR count). The molecule has 0 spiro atoms.